The predicted molar refractivity (Wildman–Crippen MR) is 98.3 cm³/mol. The lowest BCUT2D eigenvalue weighted by molar-refractivity contribution is -0.686. The van der Waals surface area contributed by atoms with Crippen molar-refractivity contribution in [1.82, 2.24) is 10.6 Å². The molecule has 154 valence electrons. The third-order valence-electron chi connectivity index (χ3n) is 4.62. The van der Waals surface area contributed by atoms with E-state index in [1.165, 1.54) is 12.3 Å². The fourth-order valence-corrected chi connectivity index (χ4v) is 3.12. The molecule has 1 aliphatic rings. The number of hydrogen-bond acceptors (Lipinski definition) is 4. The molecule has 0 unspecified atom stereocenters. The van der Waals surface area contributed by atoms with Crippen molar-refractivity contribution < 1.29 is 32.8 Å². The van der Waals surface area contributed by atoms with Crippen LogP contribution in [0.4, 0.5) is 13.6 Å². The van der Waals surface area contributed by atoms with Crippen LogP contribution < -0.4 is 16.0 Å². The number of hydrogen-bond donors (Lipinski definition) is 3. The van der Waals surface area contributed by atoms with Crippen LogP contribution in [-0.4, -0.2) is 25.2 Å². The summed E-state index contributed by atoms with van der Waals surface area (Å²) in [5.41, 5.74) is 1.17. The first-order valence-corrected chi connectivity index (χ1v) is 9.20. The Kier molecular flexibility index (Phi) is 6.28. The summed E-state index contributed by atoms with van der Waals surface area (Å²) in [4.78, 5) is 24.7. The van der Waals surface area contributed by atoms with Gasteiger partial charge in [0.25, 0.3) is 0 Å². The molecule has 2 aromatic rings. The van der Waals surface area contributed by atoms with Gasteiger partial charge in [0.2, 0.25) is 0 Å². The summed E-state index contributed by atoms with van der Waals surface area (Å²) in [6, 6.07) is 5.47. The van der Waals surface area contributed by atoms with Crippen molar-refractivity contribution in [2.75, 3.05) is 13.2 Å². The van der Waals surface area contributed by atoms with Crippen LogP contribution in [-0.2, 0) is 9.53 Å². The predicted octanol–water partition coefficient (Wildman–Crippen LogP) is 2.05. The minimum atomic E-state index is -0.928. The van der Waals surface area contributed by atoms with Crippen LogP contribution in [0.15, 0.2) is 52.3 Å². The van der Waals surface area contributed by atoms with Crippen LogP contribution in [0, 0.1) is 11.6 Å². The fourth-order valence-electron chi connectivity index (χ4n) is 3.12. The van der Waals surface area contributed by atoms with E-state index in [1.54, 1.807) is 24.4 Å². The number of urea groups is 1. The average Bonchev–Trinajstić information content (AvgIpc) is 3.22. The molecule has 1 aliphatic heterocycles. The zero-order chi connectivity index (χ0) is 21.0. The lowest BCUT2D eigenvalue weighted by Gasteiger charge is -2.27. The number of nitrogens with two attached hydrogens (primary N) is 1. The fraction of sp³-hybridized carbons (Fsp3) is 0.300. The zero-order valence-electron chi connectivity index (χ0n) is 16.0. The van der Waals surface area contributed by atoms with Crippen molar-refractivity contribution >= 4 is 12.0 Å². The number of halogens is 2. The van der Waals surface area contributed by atoms with Crippen molar-refractivity contribution in [3.05, 3.63) is 70.8 Å². The van der Waals surface area contributed by atoms with Crippen molar-refractivity contribution in [3.8, 4) is 0 Å². The molecule has 0 aliphatic carbocycles. The normalized spacial score (nSPS) is 17.5. The molecule has 2 atom stereocenters. The number of nitrogens with one attached hydrogen (secondary N) is 2. The topological polar surface area (TPSA) is 97.2 Å². The molecular weight excluding hydrogens is 384 g/mol. The van der Waals surface area contributed by atoms with Gasteiger partial charge in [-0.15, -0.1) is 0 Å². The van der Waals surface area contributed by atoms with Crippen LogP contribution in [0.3, 0.4) is 0 Å². The Labute approximate surface area is 166 Å². The van der Waals surface area contributed by atoms with Gasteiger partial charge in [-0.1, -0.05) is 0 Å². The maximum Gasteiger partial charge on any atom is 0.338 e. The standard InChI is InChI=1S/C20H21F2N3O4/c1-3-28-19(26)17-15(24-20(27)25-18(17)16-5-4-8-29-16)10-23-11(2)12-6-7-13(21)14(22)9-12/h4-9,11,18,23H,3,10H2,1-2H3,(H2,24,25,27)/p+1/t11-,18-/m1/s1. The van der Waals surface area contributed by atoms with Crippen LogP contribution in [0.1, 0.15) is 37.3 Å². The number of benzene rings is 1. The van der Waals surface area contributed by atoms with Crippen LogP contribution >= 0.6 is 0 Å². The van der Waals surface area contributed by atoms with Gasteiger partial charge >= 0.3 is 12.0 Å². The molecule has 1 aromatic carbocycles. The molecule has 7 nitrogen and oxygen atoms in total. The third-order valence-corrected chi connectivity index (χ3v) is 4.62. The quantitative estimate of drug-likeness (QED) is 0.613. The maximum atomic E-state index is 13.5. The van der Waals surface area contributed by atoms with Crippen molar-refractivity contribution in [1.29, 1.82) is 0 Å². The van der Waals surface area contributed by atoms with E-state index < -0.39 is 29.7 Å². The minimum absolute atomic E-state index is 0.170. The van der Waals surface area contributed by atoms with Crippen molar-refractivity contribution in [2.45, 2.75) is 25.9 Å². The van der Waals surface area contributed by atoms with E-state index in [4.69, 9.17) is 9.15 Å². The van der Waals surface area contributed by atoms with Gasteiger partial charge < -0.3 is 25.1 Å². The SMILES string of the molecule is CCOC(=O)C1=C(C[NH2+][C@H](C)c2ccc(F)c(F)c2)NC(=O)N[C@@H]1c1ccco1. The number of carbonyl (C=O) groups is 2. The number of furan rings is 1. The molecule has 0 saturated carbocycles. The minimum Gasteiger partial charge on any atom is -0.467 e. The highest BCUT2D eigenvalue weighted by Crippen LogP contribution is 2.27. The van der Waals surface area contributed by atoms with Gasteiger partial charge in [-0.25, -0.2) is 18.4 Å². The summed E-state index contributed by atoms with van der Waals surface area (Å²) in [6.45, 7) is 3.87. The summed E-state index contributed by atoms with van der Waals surface area (Å²) >= 11 is 0. The maximum absolute atomic E-state index is 13.5. The van der Waals surface area contributed by atoms with Crippen molar-refractivity contribution in [2.24, 2.45) is 0 Å². The number of ether oxygens (including phenoxy) is 1. The van der Waals surface area contributed by atoms with Gasteiger partial charge in [0.15, 0.2) is 11.6 Å². The zero-order valence-corrected chi connectivity index (χ0v) is 16.0. The second kappa shape index (κ2) is 8.87. The summed E-state index contributed by atoms with van der Waals surface area (Å²) in [7, 11) is 0. The van der Waals surface area contributed by atoms with Crippen LogP contribution in [0.2, 0.25) is 0 Å². The summed E-state index contributed by atoms with van der Waals surface area (Å²) in [5, 5.41) is 7.11. The van der Waals surface area contributed by atoms with Crippen molar-refractivity contribution in [3.63, 3.8) is 0 Å². The molecule has 0 saturated heterocycles. The number of rotatable bonds is 7. The molecule has 3 rings (SSSR count). The lowest BCUT2D eigenvalue weighted by atomic mass is 9.99. The highest BCUT2D eigenvalue weighted by Gasteiger charge is 2.36. The largest absolute Gasteiger partial charge is 0.467 e. The summed E-state index contributed by atoms with van der Waals surface area (Å²) < 4.78 is 37.2. The molecule has 29 heavy (non-hydrogen) atoms. The number of esters is 1. The molecular formula is C20H22F2N3O4+. The van der Waals surface area contributed by atoms with E-state index in [1.807, 2.05) is 6.92 Å². The molecule has 9 heteroatoms. The molecule has 4 N–H and O–H groups in total. The van der Waals surface area contributed by atoms with E-state index in [9.17, 15) is 18.4 Å². The Morgan fingerprint density at radius 1 is 1.31 bits per heavy atom. The van der Waals surface area contributed by atoms with Gasteiger partial charge in [-0.2, -0.15) is 0 Å². The first-order valence-electron chi connectivity index (χ1n) is 9.20. The van der Waals surface area contributed by atoms with E-state index in [0.29, 0.717) is 17.0 Å². The highest BCUT2D eigenvalue weighted by molar-refractivity contribution is 5.95. The van der Waals surface area contributed by atoms with Crippen LogP contribution in [0.25, 0.3) is 0 Å². The second-order valence-corrected chi connectivity index (χ2v) is 6.56. The van der Waals surface area contributed by atoms with E-state index >= 15 is 0 Å². The Bertz CT molecular complexity index is 928. The lowest BCUT2D eigenvalue weighted by Crippen LogP contribution is -2.86. The van der Waals surface area contributed by atoms with Gasteiger partial charge in [0, 0.05) is 5.56 Å². The Balaban J connectivity index is 1.87. The monoisotopic (exact) mass is 406 g/mol. The average molecular weight is 406 g/mol. The van der Waals surface area contributed by atoms with Gasteiger partial charge in [-0.05, 0) is 44.2 Å². The number of quaternary nitrogens is 1. The van der Waals surface area contributed by atoms with Gasteiger partial charge in [-0.3, -0.25) is 0 Å². The summed E-state index contributed by atoms with van der Waals surface area (Å²) in [6.07, 6.45) is 1.45. The molecule has 0 radical (unpaired) electrons. The van der Waals surface area contributed by atoms with Gasteiger partial charge in [0.05, 0.1) is 24.1 Å². The third kappa shape index (κ3) is 4.62. The number of carbonyl (C=O) groups excluding carboxylic acids is 2. The van der Waals surface area contributed by atoms with E-state index in [-0.39, 0.29) is 24.8 Å². The van der Waals surface area contributed by atoms with E-state index in [0.717, 1.165) is 12.1 Å². The first-order chi connectivity index (χ1) is 13.9. The van der Waals surface area contributed by atoms with Gasteiger partial charge in [0.1, 0.15) is 24.4 Å². The van der Waals surface area contributed by atoms with Crippen LogP contribution in [0.5, 0.6) is 0 Å². The highest BCUT2D eigenvalue weighted by atomic mass is 19.2. The second-order valence-electron chi connectivity index (χ2n) is 6.56. The molecule has 0 fully saturated rings. The Hall–Kier alpha value is -3.20. The summed E-state index contributed by atoms with van der Waals surface area (Å²) in [5.74, 6) is -2.03. The molecule has 1 aromatic heterocycles. The molecule has 0 spiro atoms. The smallest absolute Gasteiger partial charge is 0.338 e. The molecule has 0 bridgehead atoms. The molecule has 2 amide bonds. The Morgan fingerprint density at radius 2 is 2.10 bits per heavy atom. The Morgan fingerprint density at radius 3 is 2.76 bits per heavy atom. The van der Waals surface area contributed by atoms with E-state index in [2.05, 4.69) is 10.6 Å². The molecule has 2 heterocycles. The number of amides is 2. The first kappa shape index (κ1) is 20.5.